The number of piperidine rings is 1. The second kappa shape index (κ2) is 8.71. The van der Waals surface area contributed by atoms with Gasteiger partial charge >= 0.3 is 6.18 Å². The maximum Gasteiger partial charge on any atom is 0.421 e. The first-order valence-corrected chi connectivity index (χ1v) is 11.1. The zero-order chi connectivity index (χ0) is 23.8. The highest BCUT2D eigenvalue weighted by molar-refractivity contribution is 5.95. The van der Waals surface area contributed by atoms with Crippen molar-refractivity contribution in [2.75, 3.05) is 18.0 Å². The molecule has 1 amide bonds. The van der Waals surface area contributed by atoms with Gasteiger partial charge in [0.25, 0.3) is 5.91 Å². The third-order valence-electron chi connectivity index (χ3n) is 6.64. The Balaban J connectivity index is 1.45. The number of halogens is 3. The van der Waals surface area contributed by atoms with E-state index in [0.29, 0.717) is 18.1 Å². The highest BCUT2D eigenvalue weighted by atomic mass is 19.4. The fraction of sp³-hybridized carbons (Fsp3) is 0.440. The van der Waals surface area contributed by atoms with Gasteiger partial charge in [-0.3, -0.25) is 4.79 Å². The van der Waals surface area contributed by atoms with E-state index in [-0.39, 0.29) is 23.6 Å². The number of carbonyl (C=O) groups is 1. The van der Waals surface area contributed by atoms with Crippen LogP contribution in [0.3, 0.4) is 0 Å². The summed E-state index contributed by atoms with van der Waals surface area (Å²) >= 11 is 0. The van der Waals surface area contributed by atoms with Crippen LogP contribution in [0.2, 0.25) is 0 Å². The number of amides is 1. The Labute approximate surface area is 191 Å². The Bertz CT molecular complexity index is 1030. The Morgan fingerprint density at radius 2 is 1.55 bits per heavy atom. The van der Waals surface area contributed by atoms with E-state index < -0.39 is 11.8 Å². The molecule has 0 unspecified atom stereocenters. The first-order chi connectivity index (χ1) is 15.6. The standard InChI is InChI=1S/C25H26F3N3O2/c1-24(33,25(26,27)28)19-6-4-18(5-7-19)23(32)31(21-10-11-21)22-12-14-30(15-13-22)20-8-2-17(16-29)3-9-20/h2-9,21-22,33H,10-15H2,1H3/t24-/m1/s1. The van der Waals surface area contributed by atoms with Gasteiger partial charge in [-0.1, -0.05) is 12.1 Å². The van der Waals surface area contributed by atoms with E-state index in [0.717, 1.165) is 44.5 Å². The van der Waals surface area contributed by atoms with Crippen LogP contribution in [-0.2, 0) is 5.60 Å². The van der Waals surface area contributed by atoms with Crippen molar-refractivity contribution in [2.45, 2.75) is 56.5 Å². The Kier molecular flexibility index (Phi) is 6.10. The third-order valence-corrected chi connectivity index (χ3v) is 6.64. The van der Waals surface area contributed by atoms with Gasteiger partial charge in [-0.15, -0.1) is 0 Å². The molecule has 1 aliphatic carbocycles. The number of anilines is 1. The van der Waals surface area contributed by atoms with Gasteiger partial charge in [0.05, 0.1) is 11.6 Å². The monoisotopic (exact) mass is 457 g/mol. The van der Waals surface area contributed by atoms with Crippen LogP contribution in [-0.4, -0.2) is 47.3 Å². The van der Waals surface area contributed by atoms with Crippen LogP contribution >= 0.6 is 0 Å². The zero-order valence-corrected chi connectivity index (χ0v) is 18.3. The average molecular weight is 457 g/mol. The molecule has 1 saturated heterocycles. The number of rotatable bonds is 5. The molecule has 5 nitrogen and oxygen atoms in total. The van der Waals surface area contributed by atoms with Gasteiger partial charge in [-0.25, -0.2) is 0 Å². The smallest absolute Gasteiger partial charge is 0.376 e. The van der Waals surface area contributed by atoms with E-state index in [1.165, 1.54) is 24.3 Å². The van der Waals surface area contributed by atoms with Crippen LogP contribution in [0.5, 0.6) is 0 Å². The maximum atomic E-state index is 13.3. The fourth-order valence-corrected chi connectivity index (χ4v) is 4.38. The first-order valence-electron chi connectivity index (χ1n) is 11.1. The second-order valence-corrected chi connectivity index (χ2v) is 8.97. The molecule has 1 N–H and O–H groups in total. The average Bonchev–Trinajstić information content (AvgIpc) is 3.64. The Morgan fingerprint density at radius 3 is 2.03 bits per heavy atom. The number of nitrogens with zero attached hydrogens (tertiary/aromatic N) is 3. The highest BCUT2D eigenvalue weighted by Gasteiger charge is 2.51. The van der Waals surface area contributed by atoms with E-state index in [1.807, 2.05) is 17.0 Å². The van der Waals surface area contributed by atoms with Gasteiger partial charge in [0.15, 0.2) is 5.60 Å². The maximum absolute atomic E-state index is 13.3. The summed E-state index contributed by atoms with van der Waals surface area (Å²) in [5.74, 6) is -0.174. The van der Waals surface area contributed by atoms with Gasteiger partial charge in [0, 0.05) is 36.4 Å². The van der Waals surface area contributed by atoms with Gasteiger partial charge < -0.3 is 14.9 Å². The predicted molar refractivity (Wildman–Crippen MR) is 118 cm³/mol. The molecule has 1 atom stereocenters. The van der Waals surface area contributed by atoms with Crippen LogP contribution in [0.4, 0.5) is 18.9 Å². The summed E-state index contributed by atoms with van der Waals surface area (Å²) in [6.45, 7) is 2.27. The molecular formula is C25H26F3N3O2. The van der Waals surface area contributed by atoms with Gasteiger partial charge in [0.1, 0.15) is 0 Å². The summed E-state index contributed by atoms with van der Waals surface area (Å²) in [4.78, 5) is 17.4. The molecule has 33 heavy (non-hydrogen) atoms. The predicted octanol–water partition coefficient (Wildman–Crippen LogP) is 4.60. The molecule has 2 aromatic carbocycles. The largest absolute Gasteiger partial charge is 0.421 e. The van der Waals surface area contributed by atoms with Crippen molar-refractivity contribution in [3.05, 3.63) is 65.2 Å². The molecule has 2 fully saturated rings. The van der Waals surface area contributed by atoms with E-state index in [4.69, 9.17) is 5.26 Å². The molecule has 1 saturated carbocycles. The number of benzene rings is 2. The SMILES string of the molecule is C[C@@](O)(c1ccc(C(=O)N(C2CC2)C2CCN(c3ccc(C#N)cc3)CC2)cc1)C(F)(F)F. The quantitative estimate of drug-likeness (QED) is 0.713. The molecular weight excluding hydrogens is 431 g/mol. The summed E-state index contributed by atoms with van der Waals surface area (Å²) in [7, 11) is 0. The molecule has 0 radical (unpaired) electrons. The van der Waals surface area contributed by atoms with Gasteiger partial charge in [0.2, 0.25) is 0 Å². The summed E-state index contributed by atoms with van der Waals surface area (Å²) in [6.07, 6.45) is -1.35. The van der Waals surface area contributed by atoms with Crippen molar-refractivity contribution in [3.8, 4) is 6.07 Å². The lowest BCUT2D eigenvalue weighted by Gasteiger charge is -2.40. The van der Waals surface area contributed by atoms with E-state index in [1.54, 1.807) is 12.1 Å². The van der Waals surface area contributed by atoms with Crippen LogP contribution in [0.15, 0.2) is 48.5 Å². The minimum absolute atomic E-state index is 0.0672. The molecule has 8 heteroatoms. The van der Waals surface area contributed by atoms with Crippen LogP contribution in [0.1, 0.15) is 54.1 Å². The number of carbonyl (C=O) groups excluding carboxylic acids is 1. The number of nitriles is 1. The Morgan fingerprint density at radius 1 is 1.00 bits per heavy atom. The molecule has 0 bridgehead atoms. The number of alkyl halides is 3. The van der Waals surface area contributed by atoms with Crippen molar-refractivity contribution >= 4 is 11.6 Å². The van der Waals surface area contributed by atoms with Gasteiger partial charge in [-0.05, 0) is 74.6 Å². The topological polar surface area (TPSA) is 67.6 Å². The number of hydrogen-bond donors (Lipinski definition) is 1. The van der Waals surface area contributed by atoms with Crippen molar-refractivity contribution in [1.29, 1.82) is 5.26 Å². The lowest BCUT2D eigenvalue weighted by Crippen LogP contribution is -2.48. The summed E-state index contributed by atoms with van der Waals surface area (Å²) in [5.41, 5.74) is -1.27. The number of aliphatic hydroxyl groups is 1. The molecule has 1 heterocycles. The van der Waals surface area contributed by atoms with E-state index in [2.05, 4.69) is 11.0 Å². The molecule has 2 aromatic rings. The minimum atomic E-state index is -4.80. The van der Waals surface area contributed by atoms with E-state index >= 15 is 0 Å². The molecule has 4 rings (SSSR count). The van der Waals surface area contributed by atoms with Gasteiger partial charge in [-0.2, -0.15) is 18.4 Å². The second-order valence-electron chi connectivity index (χ2n) is 8.97. The summed E-state index contributed by atoms with van der Waals surface area (Å²) < 4.78 is 39.3. The van der Waals surface area contributed by atoms with Crippen molar-refractivity contribution in [2.24, 2.45) is 0 Å². The third kappa shape index (κ3) is 4.69. The first kappa shape index (κ1) is 23.1. The number of hydrogen-bond acceptors (Lipinski definition) is 4. The molecule has 0 spiro atoms. The molecule has 1 aliphatic heterocycles. The van der Waals surface area contributed by atoms with Crippen LogP contribution < -0.4 is 4.90 Å². The lowest BCUT2D eigenvalue weighted by molar-refractivity contribution is -0.258. The van der Waals surface area contributed by atoms with Crippen molar-refractivity contribution in [3.63, 3.8) is 0 Å². The normalized spacial score (nSPS) is 19.0. The van der Waals surface area contributed by atoms with Crippen molar-refractivity contribution < 1.29 is 23.1 Å². The van der Waals surface area contributed by atoms with Crippen molar-refractivity contribution in [1.82, 2.24) is 4.90 Å². The summed E-state index contributed by atoms with van der Waals surface area (Å²) in [6, 6.07) is 14.9. The molecule has 174 valence electrons. The van der Waals surface area contributed by atoms with E-state index in [9.17, 15) is 23.1 Å². The van der Waals surface area contributed by atoms with Crippen LogP contribution in [0.25, 0.3) is 0 Å². The summed E-state index contributed by atoms with van der Waals surface area (Å²) in [5, 5.41) is 18.8. The highest BCUT2D eigenvalue weighted by Crippen LogP contribution is 2.39. The molecule has 0 aromatic heterocycles. The minimum Gasteiger partial charge on any atom is -0.376 e. The zero-order valence-electron chi connectivity index (χ0n) is 18.3. The lowest BCUT2D eigenvalue weighted by atomic mass is 9.94. The van der Waals surface area contributed by atoms with Crippen LogP contribution in [0, 0.1) is 11.3 Å². The fourth-order valence-electron chi connectivity index (χ4n) is 4.38. The molecule has 2 aliphatic rings. The Hall–Kier alpha value is -3.05.